The Labute approximate surface area is 264 Å². The molecule has 11 nitrogen and oxygen atoms in total. The topological polar surface area (TPSA) is 137 Å². The molecule has 3 N–H and O–H groups in total. The number of hydrogen-bond donors (Lipinski definition) is 3. The number of likely N-dealkylation sites (tertiary alicyclic amines) is 1. The molecule has 5 rings (SSSR count). The minimum atomic E-state index is -1.19. The largest absolute Gasteiger partial charge is 0.491 e. The van der Waals surface area contributed by atoms with Gasteiger partial charge in [-0.3, -0.25) is 24.0 Å². The standard InChI is InChI=1S/C34H43N5O6/c1-22(2)17-28-34(44)39-16-5-7-25(39)21-45-29-9-4-3-8-26(29)32(42)37-27(18-30(40)36-28)33(43)35-19-23-11-13-24(14-12-23)20-38-15-6-10-31(38)41/h3-4,8-9,11-14,22,25,27-28H,5-7,10,15-21H2,1-2H3,(H,35,43)(H,36,40)(H,37,42)/t25-,27+,28+/m1/s1. The highest BCUT2D eigenvalue weighted by Crippen LogP contribution is 2.24. The van der Waals surface area contributed by atoms with Gasteiger partial charge in [0.1, 0.15) is 24.4 Å². The van der Waals surface area contributed by atoms with Gasteiger partial charge in [0.25, 0.3) is 5.91 Å². The smallest absolute Gasteiger partial charge is 0.255 e. The maximum absolute atomic E-state index is 13.7. The maximum Gasteiger partial charge on any atom is 0.255 e. The van der Waals surface area contributed by atoms with Gasteiger partial charge in [-0.25, -0.2) is 0 Å². The van der Waals surface area contributed by atoms with Crippen molar-refractivity contribution in [3.63, 3.8) is 0 Å². The van der Waals surface area contributed by atoms with Crippen LogP contribution in [0.1, 0.15) is 73.9 Å². The first-order chi connectivity index (χ1) is 21.7. The van der Waals surface area contributed by atoms with Gasteiger partial charge in [-0.05, 0) is 54.9 Å². The molecule has 2 fully saturated rings. The van der Waals surface area contributed by atoms with Gasteiger partial charge in [0.05, 0.1) is 18.0 Å². The number of rotatable bonds is 7. The van der Waals surface area contributed by atoms with E-state index in [-0.39, 0.29) is 48.9 Å². The summed E-state index contributed by atoms with van der Waals surface area (Å²) in [5, 5.41) is 8.45. The zero-order valence-corrected chi connectivity index (χ0v) is 26.1. The number of ether oxygens (including phenoxy) is 1. The van der Waals surface area contributed by atoms with Crippen LogP contribution in [0, 0.1) is 5.92 Å². The fourth-order valence-electron chi connectivity index (χ4n) is 6.21. The van der Waals surface area contributed by atoms with E-state index >= 15 is 0 Å². The SMILES string of the molecule is CC(C)C[C@@H]1NC(=O)C[C@@H](C(=O)NCc2ccc(CN3CCCC3=O)cc2)NC(=O)c2ccccc2OC[C@H]2CCCN2C1=O. The molecule has 2 saturated heterocycles. The van der Waals surface area contributed by atoms with E-state index in [1.807, 2.05) is 43.0 Å². The van der Waals surface area contributed by atoms with E-state index in [4.69, 9.17) is 4.74 Å². The fourth-order valence-corrected chi connectivity index (χ4v) is 6.21. The van der Waals surface area contributed by atoms with Crippen LogP contribution in [0.2, 0.25) is 0 Å². The van der Waals surface area contributed by atoms with Crippen LogP contribution >= 0.6 is 0 Å². The van der Waals surface area contributed by atoms with E-state index in [2.05, 4.69) is 16.0 Å². The average molecular weight is 618 g/mol. The molecular weight excluding hydrogens is 574 g/mol. The lowest BCUT2D eigenvalue weighted by molar-refractivity contribution is -0.138. The zero-order valence-electron chi connectivity index (χ0n) is 26.1. The predicted octanol–water partition coefficient (Wildman–Crippen LogP) is 2.53. The number of nitrogens with zero attached hydrogens (tertiary/aromatic N) is 2. The third-order valence-electron chi connectivity index (χ3n) is 8.61. The molecule has 0 radical (unpaired) electrons. The van der Waals surface area contributed by atoms with Crippen molar-refractivity contribution in [2.45, 2.75) is 83.6 Å². The summed E-state index contributed by atoms with van der Waals surface area (Å²) in [6.07, 6.45) is 3.17. The molecule has 5 amide bonds. The third kappa shape index (κ3) is 8.20. The van der Waals surface area contributed by atoms with E-state index in [0.717, 1.165) is 36.9 Å². The van der Waals surface area contributed by atoms with E-state index in [0.29, 0.717) is 31.7 Å². The molecule has 0 unspecified atom stereocenters. The number of para-hydroxylation sites is 1. The molecule has 0 bridgehead atoms. The third-order valence-corrected chi connectivity index (χ3v) is 8.61. The molecule has 2 aromatic rings. The number of hydrogen-bond acceptors (Lipinski definition) is 6. The number of benzene rings is 2. The van der Waals surface area contributed by atoms with Crippen LogP contribution in [-0.2, 0) is 32.3 Å². The number of carbonyl (C=O) groups is 5. The van der Waals surface area contributed by atoms with Crippen molar-refractivity contribution in [3.8, 4) is 5.75 Å². The normalized spacial score (nSPS) is 22.7. The van der Waals surface area contributed by atoms with Crippen LogP contribution in [0.3, 0.4) is 0 Å². The van der Waals surface area contributed by atoms with E-state index < -0.39 is 29.8 Å². The van der Waals surface area contributed by atoms with E-state index in [9.17, 15) is 24.0 Å². The van der Waals surface area contributed by atoms with Gasteiger partial charge in [0, 0.05) is 32.6 Å². The fraction of sp³-hybridized carbons (Fsp3) is 0.500. The molecule has 11 heteroatoms. The second-order valence-corrected chi connectivity index (χ2v) is 12.6. The molecule has 45 heavy (non-hydrogen) atoms. The Hall–Kier alpha value is -4.41. The van der Waals surface area contributed by atoms with Crippen molar-refractivity contribution in [1.29, 1.82) is 0 Å². The van der Waals surface area contributed by atoms with E-state index in [1.165, 1.54) is 0 Å². The number of carbonyl (C=O) groups excluding carboxylic acids is 5. The van der Waals surface area contributed by atoms with Crippen molar-refractivity contribution in [2.24, 2.45) is 5.92 Å². The molecule has 3 aliphatic rings. The lowest BCUT2D eigenvalue weighted by Crippen LogP contribution is -2.54. The quantitative estimate of drug-likeness (QED) is 0.437. The molecule has 240 valence electrons. The van der Waals surface area contributed by atoms with Gasteiger partial charge in [-0.1, -0.05) is 50.2 Å². The summed E-state index contributed by atoms with van der Waals surface area (Å²) < 4.78 is 6.10. The Bertz CT molecular complexity index is 1410. The molecule has 2 aromatic carbocycles. The highest BCUT2D eigenvalue weighted by atomic mass is 16.5. The van der Waals surface area contributed by atoms with Crippen molar-refractivity contribution in [2.75, 3.05) is 19.7 Å². The first-order valence-electron chi connectivity index (χ1n) is 15.9. The highest BCUT2D eigenvalue weighted by Gasteiger charge is 2.36. The summed E-state index contributed by atoms with van der Waals surface area (Å²) in [7, 11) is 0. The van der Waals surface area contributed by atoms with Crippen molar-refractivity contribution in [1.82, 2.24) is 25.8 Å². The summed E-state index contributed by atoms with van der Waals surface area (Å²) in [6.45, 7) is 6.26. The zero-order chi connectivity index (χ0) is 31.9. The van der Waals surface area contributed by atoms with Gasteiger partial charge in [0.2, 0.25) is 23.6 Å². The molecule has 3 aliphatic heterocycles. The molecule has 3 heterocycles. The summed E-state index contributed by atoms with van der Waals surface area (Å²) in [5.74, 6) is -1.05. The van der Waals surface area contributed by atoms with Crippen molar-refractivity contribution in [3.05, 3.63) is 65.2 Å². The van der Waals surface area contributed by atoms with Crippen LogP contribution in [0.4, 0.5) is 0 Å². The van der Waals surface area contributed by atoms with Crippen LogP contribution < -0.4 is 20.7 Å². The van der Waals surface area contributed by atoms with Gasteiger partial charge < -0.3 is 30.5 Å². The maximum atomic E-state index is 13.7. The first-order valence-corrected chi connectivity index (χ1v) is 15.9. The minimum Gasteiger partial charge on any atom is -0.491 e. The summed E-state index contributed by atoms with van der Waals surface area (Å²) in [6, 6.07) is 12.3. The number of amides is 5. The van der Waals surface area contributed by atoms with Gasteiger partial charge >= 0.3 is 0 Å². The van der Waals surface area contributed by atoms with Crippen LogP contribution in [0.15, 0.2) is 48.5 Å². The molecule has 0 spiro atoms. The van der Waals surface area contributed by atoms with E-state index in [1.54, 1.807) is 29.2 Å². The number of nitrogens with one attached hydrogen (secondary N) is 3. The van der Waals surface area contributed by atoms with Gasteiger partial charge in [-0.2, -0.15) is 0 Å². The van der Waals surface area contributed by atoms with Crippen molar-refractivity contribution < 1.29 is 28.7 Å². The summed E-state index contributed by atoms with van der Waals surface area (Å²) in [4.78, 5) is 69.5. The molecule has 3 atom stereocenters. The Balaban J connectivity index is 1.32. The Morgan fingerprint density at radius 2 is 1.73 bits per heavy atom. The van der Waals surface area contributed by atoms with Gasteiger partial charge in [-0.15, -0.1) is 0 Å². The lowest BCUT2D eigenvalue weighted by atomic mass is 10.0. The van der Waals surface area contributed by atoms with Crippen molar-refractivity contribution >= 4 is 29.5 Å². The molecular formula is C34H43N5O6. The Kier molecular flexibility index (Phi) is 10.4. The predicted molar refractivity (Wildman–Crippen MR) is 167 cm³/mol. The van der Waals surface area contributed by atoms with Crippen LogP contribution in [0.5, 0.6) is 5.75 Å². The molecule has 0 aromatic heterocycles. The summed E-state index contributed by atoms with van der Waals surface area (Å²) in [5.41, 5.74) is 2.08. The Morgan fingerprint density at radius 1 is 0.978 bits per heavy atom. The summed E-state index contributed by atoms with van der Waals surface area (Å²) >= 11 is 0. The molecule has 0 aliphatic carbocycles. The molecule has 0 saturated carbocycles. The first kappa shape index (κ1) is 32.0. The monoisotopic (exact) mass is 617 g/mol. The Morgan fingerprint density at radius 3 is 2.47 bits per heavy atom. The van der Waals surface area contributed by atoms with Crippen LogP contribution in [0.25, 0.3) is 0 Å². The second-order valence-electron chi connectivity index (χ2n) is 12.6. The second kappa shape index (κ2) is 14.6. The van der Waals surface area contributed by atoms with Gasteiger partial charge in [0.15, 0.2) is 0 Å². The van der Waals surface area contributed by atoms with Crippen LogP contribution in [-0.4, -0.2) is 77.2 Å². The lowest BCUT2D eigenvalue weighted by Gasteiger charge is -2.31. The minimum absolute atomic E-state index is 0.142. The number of fused-ring (bicyclic) bond motifs is 2. The highest BCUT2D eigenvalue weighted by molar-refractivity contribution is 6.01. The average Bonchev–Trinajstić information content (AvgIpc) is 3.66.